The Labute approximate surface area is 180 Å². The van der Waals surface area contributed by atoms with Crippen LogP contribution in [0.1, 0.15) is 11.3 Å². The van der Waals surface area contributed by atoms with E-state index in [4.69, 9.17) is 5.41 Å². The summed E-state index contributed by atoms with van der Waals surface area (Å²) in [6.07, 6.45) is 1.74. The van der Waals surface area contributed by atoms with Gasteiger partial charge >= 0.3 is 0 Å². The first-order valence-corrected chi connectivity index (χ1v) is 10.4. The first kappa shape index (κ1) is 19.5. The topological polar surface area (TPSA) is 71.1 Å². The van der Waals surface area contributed by atoms with Crippen LogP contribution < -0.4 is 10.5 Å². The summed E-state index contributed by atoms with van der Waals surface area (Å²) in [6, 6.07) is 16.8. The molecule has 1 aliphatic rings. The van der Waals surface area contributed by atoms with E-state index in [2.05, 4.69) is 15.9 Å². The van der Waals surface area contributed by atoms with Crippen molar-refractivity contribution < 1.29 is 4.79 Å². The van der Waals surface area contributed by atoms with Gasteiger partial charge in [-0.2, -0.15) is 0 Å². The number of amides is 1. The first-order valence-electron chi connectivity index (χ1n) is 8.80. The average molecular weight is 469 g/mol. The second-order valence-corrected chi connectivity index (χ2v) is 8.46. The zero-order valence-corrected chi connectivity index (χ0v) is 18.1. The Morgan fingerprint density at radius 1 is 1.03 bits per heavy atom. The number of hydrogen-bond acceptors (Lipinski definition) is 4. The van der Waals surface area contributed by atoms with Gasteiger partial charge in [-0.15, -0.1) is 0 Å². The number of thioether (sulfide) groups is 1. The van der Waals surface area contributed by atoms with Gasteiger partial charge in [-0.3, -0.25) is 19.7 Å². The lowest BCUT2D eigenvalue weighted by Crippen LogP contribution is -2.33. The van der Waals surface area contributed by atoms with Gasteiger partial charge < -0.3 is 0 Å². The normalized spacial score (nSPS) is 15.6. The van der Waals surface area contributed by atoms with E-state index in [1.54, 1.807) is 24.7 Å². The molecule has 2 heterocycles. The molecular formula is C21H17BrN4O2S. The number of para-hydroxylation sites is 1. The number of rotatable bonds is 3. The van der Waals surface area contributed by atoms with Crippen LogP contribution in [-0.4, -0.2) is 20.4 Å². The number of carbonyl (C=O) groups is 1. The lowest BCUT2D eigenvalue weighted by atomic mass is 10.2. The highest BCUT2D eigenvalue weighted by molar-refractivity contribution is 9.10. The number of benzene rings is 2. The molecule has 146 valence electrons. The molecule has 3 aromatic rings. The van der Waals surface area contributed by atoms with Gasteiger partial charge in [-0.25, -0.2) is 9.58 Å². The van der Waals surface area contributed by atoms with Gasteiger partial charge in [0.1, 0.15) is 5.69 Å². The summed E-state index contributed by atoms with van der Waals surface area (Å²) >= 11 is 4.45. The molecule has 29 heavy (non-hydrogen) atoms. The molecule has 1 amide bonds. The van der Waals surface area contributed by atoms with E-state index in [9.17, 15) is 9.59 Å². The molecule has 1 saturated heterocycles. The van der Waals surface area contributed by atoms with E-state index < -0.39 is 0 Å². The van der Waals surface area contributed by atoms with Crippen molar-refractivity contribution in [2.45, 2.75) is 6.92 Å². The summed E-state index contributed by atoms with van der Waals surface area (Å²) in [7, 11) is 1.77. The van der Waals surface area contributed by atoms with Crippen LogP contribution in [0.4, 0.5) is 5.69 Å². The standard InChI is InChI=1S/C21H17BrN4O2S/c1-13-18(20(28)26(24(13)2)16-6-4-3-5-7-16)25-19(27)17(29-21(25)23)12-14-8-10-15(22)11-9-14/h3-12,23H,1-2H3. The quantitative estimate of drug-likeness (QED) is 0.582. The van der Waals surface area contributed by atoms with Gasteiger partial charge in [-0.1, -0.05) is 46.3 Å². The van der Waals surface area contributed by atoms with Crippen molar-refractivity contribution in [1.29, 1.82) is 5.41 Å². The van der Waals surface area contributed by atoms with Gasteiger partial charge in [0.15, 0.2) is 5.17 Å². The number of hydrogen-bond donors (Lipinski definition) is 1. The van der Waals surface area contributed by atoms with Crippen molar-refractivity contribution in [3.63, 3.8) is 0 Å². The number of anilines is 1. The van der Waals surface area contributed by atoms with E-state index in [0.717, 1.165) is 21.8 Å². The van der Waals surface area contributed by atoms with E-state index in [-0.39, 0.29) is 22.3 Å². The molecule has 1 aromatic heterocycles. The number of nitrogens with zero attached hydrogens (tertiary/aromatic N) is 3. The smallest absolute Gasteiger partial charge is 0.283 e. The summed E-state index contributed by atoms with van der Waals surface area (Å²) in [5.74, 6) is -0.367. The Bertz CT molecular complexity index is 1210. The maximum absolute atomic E-state index is 13.2. The largest absolute Gasteiger partial charge is 0.296 e. The molecule has 0 atom stereocenters. The summed E-state index contributed by atoms with van der Waals surface area (Å²) < 4.78 is 4.15. The Morgan fingerprint density at radius 2 is 1.69 bits per heavy atom. The fraction of sp³-hybridized carbons (Fsp3) is 0.0952. The van der Waals surface area contributed by atoms with Crippen molar-refractivity contribution >= 4 is 50.5 Å². The van der Waals surface area contributed by atoms with Gasteiger partial charge in [0.25, 0.3) is 11.5 Å². The van der Waals surface area contributed by atoms with Crippen molar-refractivity contribution in [3.8, 4) is 5.69 Å². The third-order valence-corrected chi connectivity index (χ3v) is 6.16. The minimum Gasteiger partial charge on any atom is -0.283 e. The van der Waals surface area contributed by atoms with Crippen LogP contribution >= 0.6 is 27.7 Å². The van der Waals surface area contributed by atoms with Gasteiger partial charge in [0.2, 0.25) is 0 Å². The summed E-state index contributed by atoms with van der Waals surface area (Å²) in [6.45, 7) is 1.78. The molecule has 6 nitrogen and oxygen atoms in total. The van der Waals surface area contributed by atoms with Crippen LogP contribution in [0.25, 0.3) is 11.8 Å². The van der Waals surface area contributed by atoms with Crippen molar-refractivity contribution in [2.75, 3.05) is 4.90 Å². The van der Waals surface area contributed by atoms with Crippen LogP contribution in [0.5, 0.6) is 0 Å². The summed E-state index contributed by atoms with van der Waals surface area (Å²) in [5, 5.41) is 8.36. The van der Waals surface area contributed by atoms with Crippen molar-refractivity contribution in [2.24, 2.45) is 7.05 Å². The van der Waals surface area contributed by atoms with E-state index >= 15 is 0 Å². The molecule has 0 radical (unpaired) electrons. The zero-order chi connectivity index (χ0) is 20.7. The number of aromatic nitrogens is 2. The predicted octanol–water partition coefficient (Wildman–Crippen LogP) is 4.30. The monoisotopic (exact) mass is 468 g/mol. The highest BCUT2D eigenvalue weighted by atomic mass is 79.9. The van der Waals surface area contributed by atoms with Crippen LogP contribution in [0, 0.1) is 12.3 Å². The predicted molar refractivity (Wildman–Crippen MR) is 121 cm³/mol. The second kappa shape index (κ2) is 7.53. The van der Waals surface area contributed by atoms with Gasteiger partial charge in [0, 0.05) is 11.5 Å². The Morgan fingerprint density at radius 3 is 2.34 bits per heavy atom. The maximum atomic E-state index is 13.2. The number of nitrogens with one attached hydrogen (secondary N) is 1. The molecule has 1 fully saturated rings. The lowest BCUT2D eigenvalue weighted by molar-refractivity contribution is -0.113. The van der Waals surface area contributed by atoms with E-state index in [0.29, 0.717) is 16.3 Å². The molecule has 0 spiro atoms. The number of halogens is 1. The van der Waals surface area contributed by atoms with Crippen LogP contribution in [0.15, 0.2) is 68.8 Å². The third kappa shape index (κ3) is 3.38. The summed E-state index contributed by atoms with van der Waals surface area (Å²) in [5.41, 5.74) is 2.04. The number of amidine groups is 1. The molecule has 1 aliphatic heterocycles. The van der Waals surface area contributed by atoms with Crippen LogP contribution in [0.3, 0.4) is 0 Å². The highest BCUT2D eigenvalue weighted by Crippen LogP contribution is 2.35. The van der Waals surface area contributed by atoms with Crippen molar-refractivity contribution in [1.82, 2.24) is 9.36 Å². The molecular weight excluding hydrogens is 452 g/mol. The maximum Gasteiger partial charge on any atom is 0.296 e. The van der Waals surface area contributed by atoms with E-state index in [1.165, 1.54) is 9.58 Å². The van der Waals surface area contributed by atoms with Crippen LogP contribution in [0.2, 0.25) is 0 Å². The SMILES string of the molecule is Cc1c(N2C(=N)SC(=Cc3ccc(Br)cc3)C2=O)c(=O)n(-c2ccccc2)n1C. The first-order chi connectivity index (χ1) is 13.9. The minimum atomic E-state index is -0.367. The summed E-state index contributed by atoms with van der Waals surface area (Å²) in [4.78, 5) is 27.9. The Kier molecular flexibility index (Phi) is 5.06. The molecule has 0 unspecified atom stereocenters. The van der Waals surface area contributed by atoms with Gasteiger partial charge in [0.05, 0.1) is 16.3 Å². The molecule has 4 rings (SSSR count). The third-order valence-electron chi connectivity index (χ3n) is 4.74. The molecule has 2 aromatic carbocycles. The average Bonchev–Trinajstić information content (AvgIpc) is 3.10. The minimum absolute atomic E-state index is 0.0179. The molecule has 0 saturated carbocycles. The highest BCUT2D eigenvalue weighted by Gasteiger charge is 2.37. The zero-order valence-electron chi connectivity index (χ0n) is 15.7. The van der Waals surface area contributed by atoms with E-state index in [1.807, 2.05) is 54.6 Å². The lowest BCUT2D eigenvalue weighted by Gasteiger charge is -2.12. The number of carbonyl (C=O) groups excluding carboxylic acids is 1. The van der Waals surface area contributed by atoms with Gasteiger partial charge in [-0.05, 0) is 54.6 Å². The fourth-order valence-corrected chi connectivity index (χ4v) is 4.32. The fourth-order valence-electron chi connectivity index (χ4n) is 3.21. The van der Waals surface area contributed by atoms with Crippen LogP contribution in [-0.2, 0) is 11.8 Å². The molecule has 0 bridgehead atoms. The Hall–Kier alpha value is -2.84. The Balaban J connectivity index is 1.78. The molecule has 1 N–H and O–H groups in total. The second-order valence-electron chi connectivity index (χ2n) is 6.52. The molecule has 8 heteroatoms. The van der Waals surface area contributed by atoms with Crippen molar-refractivity contribution in [3.05, 3.63) is 85.6 Å². The molecule has 0 aliphatic carbocycles.